The SMILES string of the molecule is Cc1cccc(C(=O)c2ccccc2Br)n1. The summed E-state index contributed by atoms with van der Waals surface area (Å²) in [6, 6.07) is 12.8. The molecule has 0 N–H and O–H groups in total. The van der Waals surface area contributed by atoms with Crippen molar-refractivity contribution in [3.8, 4) is 0 Å². The van der Waals surface area contributed by atoms with Crippen LogP contribution in [0.1, 0.15) is 21.7 Å². The van der Waals surface area contributed by atoms with Crippen molar-refractivity contribution in [2.45, 2.75) is 6.92 Å². The predicted molar refractivity (Wildman–Crippen MR) is 66.5 cm³/mol. The van der Waals surface area contributed by atoms with Crippen molar-refractivity contribution in [2.24, 2.45) is 0 Å². The fourth-order valence-electron chi connectivity index (χ4n) is 1.45. The van der Waals surface area contributed by atoms with E-state index >= 15 is 0 Å². The molecule has 0 spiro atoms. The van der Waals surface area contributed by atoms with Crippen molar-refractivity contribution in [1.29, 1.82) is 0 Å². The molecule has 1 aromatic heterocycles. The smallest absolute Gasteiger partial charge is 0.212 e. The molecule has 0 amide bonds. The standard InChI is InChI=1S/C13H10BrNO/c1-9-5-4-8-12(15-9)13(16)10-6-2-3-7-11(10)14/h2-8H,1H3. The Labute approximate surface area is 102 Å². The second-order valence-electron chi connectivity index (χ2n) is 3.47. The largest absolute Gasteiger partial charge is 0.287 e. The van der Waals surface area contributed by atoms with E-state index < -0.39 is 0 Å². The third-order valence-electron chi connectivity index (χ3n) is 2.24. The molecule has 0 radical (unpaired) electrons. The molecule has 80 valence electrons. The Balaban J connectivity index is 2.44. The van der Waals surface area contributed by atoms with Crippen molar-refractivity contribution in [1.82, 2.24) is 4.98 Å². The minimum absolute atomic E-state index is 0.0591. The van der Waals surface area contributed by atoms with Gasteiger partial charge in [0.2, 0.25) is 5.78 Å². The van der Waals surface area contributed by atoms with Gasteiger partial charge in [-0.3, -0.25) is 4.79 Å². The Morgan fingerprint density at radius 3 is 2.56 bits per heavy atom. The van der Waals surface area contributed by atoms with E-state index in [0.717, 1.165) is 10.2 Å². The lowest BCUT2D eigenvalue weighted by molar-refractivity contribution is 0.103. The number of pyridine rings is 1. The van der Waals surface area contributed by atoms with Crippen LogP contribution in [0.3, 0.4) is 0 Å². The van der Waals surface area contributed by atoms with Crippen LogP contribution in [-0.2, 0) is 0 Å². The van der Waals surface area contributed by atoms with Gasteiger partial charge in [-0.25, -0.2) is 4.98 Å². The zero-order chi connectivity index (χ0) is 11.5. The van der Waals surface area contributed by atoms with E-state index in [1.807, 2.05) is 37.3 Å². The van der Waals surface area contributed by atoms with Crippen molar-refractivity contribution in [3.05, 3.63) is 63.9 Å². The Kier molecular flexibility index (Phi) is 3.15. The molecule has 0 aliphatic carbocycles. The maximum atomic E-state index is 12.1. The predicted octanol–water partition coefficient (Wildman–Crippen LogP) is 3.38. The van der Waals surface area contributed by atoms with E-state index in [0.29, 0.717) is 11.3 Å². The minimum Gasteiger partial charge on any atom is -0.287 e. The van der Waals surface area contributed by atoms with Gasteiger partial charge in [-0.1, -0.05) is 34.1 Å². The number of carbonyl (C=O) groups is 1. The molecule has 3 heteroatoms. The fourth-order valence-corrected chi connectivity index (χ4v) is 1.92. The number of benzene rings is 1. The fraction of sp³-hybridized carbons (Fsp3) is 0.0769. The highest BCUT2D eigenvalue weighted by Crippen LogP contribution is 2.18. The summed E-state index contributed by atoms with van der Waals surface area (Å²) >= 11 is 3.36. The monoisotopic (exact) mass is 275 g/mol. The molecule has 0 aliphatic heterocycles. The average Bonchev–Trinajstić information content (AvgIpc) is 2.29. The lowest BCUT2D eigenvalue weighted by Crippen LogP contribution is -2.05. The summed E-state index contributed by atoms with van der Waals surface area (Å²) in [4.78, 5) is 16.3. The number of ketones is 1. The molecule has 2 aromatic rings. The molecule has 1 aromatic carbocycles. The van der Waals surface area contributed by atoms with Crippen molar-refractivity contribution < 1.29 is 4.79 Å². The summed E-state index contributed by atoms with van der Waals surface area (Å²) in [6.45, 7) is 1.87. The van der Waals surface area contributed by atoms with Crippen LogP contribution in [0, 0.1) is 6.92 Å². The number of carbonyl (C=O) groups excluding carboxylic acids is 1. The molecule has 0 bridgehead atoms. The number of aromatic nitrogens is 1. The van der Waals surface area contributed by atoms with Gasteiger partial charge in [-0.15, -0.1) is 0 Å². The van der Waals surface area contributed by atoms with Gasteiger partial charge in [-0.2, -0.15) is 0 Å². The summed E-state index contributed by atoms with van der Waals surface area (Å²) in [6.07, 6.45) is 0. The zero-order valence-electron chi connectivity index (χ0n) is 8.77. The quantitative estimate of drug-likeness (QED) is 0.787. The lowest BCUT2D eigenvalue weighted by atomic mass is 10.1. The van der Waals surface area contributed by atoms with Crippen molar-refractivity contribution in [2.75, 3.05) is 0 Å². The number of hydrogen-bond acceptors (Lipinski definition) is 2. The van der Waals surface area contributed by atoms with Gasteiger partial charge in [-0.05, 0) is 31.2 Å². The van der Waals surface area contributed by atoms with Crippen LogP contribution in [0.25, 0.3) is 0 Å². The van der Waals surface area contributed by atoms with Crippen molar-refractivity contribution >= 4 is 21.7 Å². The van der Waals surface area contributed by atoms with Crippen LogP contribution in [0.5, 0.6) is 0 Å². The molecule has 0 atom stereocenters. The minimum atomic E-state index is -0.0591. The zero-order valence-corrected chi connectivity index (χ0v) is 10.4. The Morgan fingerprint density at radius 1 is 1.12 bits per heavy atom. The first kappa shape index (κ1) is 11.0. The summed E-state index contributed by atoms with van der Waals surface area (Å²) in [7, 11) is 0. The first-order valence-corrected chi connectivity index (χ1v) is 5.70. The molecule has 0 fully saturated rings. The van der Waals surface area contributed by atoms with Gasteiger partial charge in [0.25, 0.3) is 0 Å². The van der Waals surface area contributed by atoms with E-state index in [1.165, 1.54) is 0 Å². The first-order valence-electron chi connectivity index (χ1n) is 4.91. The molecule has 0 saturated heterocycles. The summed E-state index contributed by atoms with van der Waals surface area (Å²) < 4.78 is 0.795. The van der Waals surface area contributed by atoms with E-state index in [2.05, 4.69) is 20.9 Å². The second-order valence-corrected chi connectivity index (χ2v) is 4.33. The summed E-state index contributed by atoms with van der Waals surface area (Å²) in [5.74, 6) is -0.0591. The van der Waals surface area contributed by atoms with Gasteiger partial charge in [0, 0.05) is 15.7 Å². The third-order valence-corrected chi connectivity index (χ3v) is 2.93. The molecule has 0 saturated carbocycles. The average molecular weight is 276 g/mol. The van der Waals surface area contributed by atoms with E-state index in [1.54, 1.807) is 12.1 Å². The van der Waals surface area contributed by atoms with Gasteiger partial charge >= 0.3 is 0 Å². The van der Waals surface area contributed by atoms with Crippen LogP contribution in [-0.4, -0.2) is 10.8 Å². The Hall–Kier alpha value is -1.48. The second kappa shape index (κ2) is 4.58. The Morgan fingerprint density at radius 2 is 1.88 bits per heavy atom. The van der Waals surface area contributed by atoms with E-state index in [4.69, 9.17) is 0 Å². The molecule has 1 heterocycles. The van der Waals surface area contributed by atoms with Gasteiger partial charge in [0.15, 0.2) is 0 Å². The number of aryl methyl sites for hydroxylation is 1. The molecule has 0 unspecified atom stereocenters. The highest BCUT2D eigenvalue weighted by Gasteiger charge is 2.12. The molecule has 2 rings (SSSR count). The van der Waals surface area contributed by atoms with Crippen LogP contribution in [0.2, 0.25) is 0 Å². The van der Waals surface area contributed by atoms with Gasteiger partial charge in [0.1, 0.15) is 5.69 Å². The lowest BCUT2D eigenvalue weighted by Gasteiger charge is -2.03. The highest BCUT2D eigenvalue weighted by molar-refractivity contribution is 9.10. The van der Waals surface area contributed by atoms with Gasteiger partial charge < -0.3 is 0 Å². The maximum absolute atomic E-state index is 12.1. The van der Waals surface area contributed by atoms with Crippen LogP contribution < -0.4 is 0 Å². The first-order chi connectivity index (χ1) is 7.68. The molecular weight excluding hydrogens is 266 g/mol. The normalized spacial score (nSPS) is 10.1. The van der Waals surface area contributed by atoms with E-state index in [9.17, 15) is 4.79 Å². The highest BCUT2D eigenvalue weighted by atomic mass is 79.9. The number of nitrogens with zero attached hydrogens (tertiary/aromatic N) is 1. The number of rotatable bonds is 2. The number of halogens is 1. The van der Waals surface area contributed by atoms with Crippen LogP contribution in [0.4, 0.5) is 0 Å². The molecule has 0 aliphatic rings. The molecular formula is C13H10BrNO. The maximum Gasteiger partial charge on any atom is 0.212 e. The van der Waals surface area contributed by atoms with Crippen molar-refractivity contribution in [3.63, 3.8) is 0 Å². The topological polar surface area (TPSA) is 30.0 Å². The Bertz CT molecular complexity index is 537. The molecule has 2 nitrogen and oxygen atoms in total. The van der Waals surface area contributed by atoms with Crippen LogP contribution >= 0.6 is 15.9 Å². The van der Waals surface area contributed by atoms with Gasteiger partial charge in [0.05, 0.1) is 0 Å². The molecule has 16 heavy (non-hydrogen) atoms. The van der Waals surface area contributed by atoms with Crippen LogP contribution in [0.15, 0.2) is 46.9 Å². The van der Waals surface area contributed by atoms with E-state index in [-0.39, 0.29) is 5.78 Å². The third kappa shape index (κ3) is 2.19. The summed E-state index contributed by atoms with van der Waals surface area (Å²) in [5, 5.41) is 0. The number of hydrogen-bond donors (Lipinski definition) is 0. The summed E-state index contributed by atoms with van der Waals surface area (Å²) in [5.41, 5.74) is 1.96.